The first-order valence-electron chi connectivity index (χ1n) is 9.16. The van der Waals surface area contributed by atoms with Crippen LogP contribution in [-0.2, 0) is 4.79 Å². The summed E-state index contributed by atoms with van der Waals surface area (Å²) < 4.78 is 0. The average molecular weight is 286 g/mol. The SMILES string of the molecule is CC1CC2(C)CCC3C4CCC(=O)C=C4CCC3C2(C)C1. The number of allylic oxidation sites excluding steroid dienone is 1. The van der Waals surface area contributed by atoms with Crippen LogP contribution in [0.3, 0.4) is 0 Å². The van der Waals surface area contributed by atoms with Crippen molar-refractivity contribution in [1.82, 2.24) is 0 Å². The zero-order chi connectivity index (χ0) is 14.8. The predicted molar refractivity (Wildman–Crippen MR) is 85.9 cm³/mol. The van der Waals surface area contributed by atoms with Crippen molar-refractivity contribution in [3.8, 4) is 0 Å². The van der Waals surface area contributed by atoms with Crippen LogP contribution in [-0.4, -0.2) is 5.78 Å². The standard InChI is InChI=1S/C20H30O/c1-13-11-19(2)9-8-17-16-6-5-15(21)10-14(16)4-7-18(17)20(19,3)12-13/h10,13,16-18H,4-9,11-12H2,1-3H3. The Bertz CT molecular complexity index is 504. The van der Waals surface area contributed by atoms with E-state index >= 15 is 0 Å². The van der Waals surface area contributed by atoms with Gasteiger partial charge in [-0.25, -0.2) is 0 Å². The predicted octanol–water partition coefficient (Wildman–Crippen LogP) is 5.15. The molecule has 1 nitrogen and oxygen atoms in total. The molecule has 21 heavy (non-hydrogen) atoms. The summed E-state index contributed by atoms with van der Waals surface area (Å²) in [5, 5.41) is 0. The summed E-state index contributed by atoms with van der Waals surface area (Å²) in [6.07, 6.45) is 12.3. The second-order valence-electron chi connectivity index (χ2n) is 9.17. The van der Waals surface area contributed by atoms with Crippen LogP contribution in [0.1, 0.15) is 72.1 Å². The molecule has 0 aromatic heterocycles. The number of carbonyl (C=O) groups excluding carboxylic acids is 1. The van der Waals surface area contributed by atoms with Gasteiger partial charge in [0.25, 0.3) is 0 Å². The minimum Gasteiger partial charge on any atom is -0.295 e. The average Bonchev–Trinajstić information content (AvgIpc) is 2.67. The Morgan fingerprint density at radius 2 is 1.90 bits per heavy atom. The normalized spacial score (nSPS) is 52.7. The van der Waals surface area contributed by atoms with Crippen LogP contribution in [0.4, 0.5) is 0 Å². The van der Waals surface area contributed by atoms with Gasteiger partial charge in [0.2, 0.25) is 0 Å². The van der Waals surface area contributed by atoms with E-state index in [1.807, 2.05) is 6.08 Å². The molecule has 3 saturated carbocycles. The van der Waals surface area contributed by atoms with Gasteiger partial charge in [0, 0.05) is 6.42 Å². The molecule has 6 unspecified atom stereocenters. The third-order valence-corrected chi connectivity index (χ3v) is 8.10. The molecule has 0 bridgehead atoms. The maximum absolute atomic E-state index is 11.7. The highest BCUT2D eigenvalue weighted by Crippen LogP contribution is 2.69. The number of rotatable bonds is 0. The minimum atomic E-state index is 0.390. The molecule has 0 radical (unpaired) electrons. The largest absolute Gasteiger partial charge is 0.295 e. The molecule has 4 aliphatic rings. The maximum atomic E-state index is 11.7. The lowest BCUT2D eigenvalue weighted by Gasteiger charge is -2.58. The number of hydrogen-bond donors (Lipinski definition) is 0. The first kappa shape index (κ1) is 14.0. The topological polar surface area (TPSA) is 17.1 Å². The fourth-order valence-corrected chi connectivity index (χ4v) is 7.14. The van der Waals surface area contributed by atoms with E-state index in [1.54, 1.807) is 0 Å². The fourth-order valence-electron chi connectivity index (χ4n) is 7.14. The Hall–Kier alpha value is -0.590. The number of hydrogen-bond acceptors (Lipinski definition) is 1. The summed E-state index contributed by atoms with van der Waals surface area (Å²) in [5.41, 5.74) is 2.66. The molecule has 116 valence electrons. The highest BCUT2D eigenvalue weighted by Gasteiger charge is 2.60. The Morgan fingerprint density at radius 3 is 2.71 bits per heavy atom. The Labute approximate surface area is 129 Å². The van der Waals surface area contributed by atoms with Crippen LogP contribution >= 0.6 is 0 Å². The molecule has 1 heteroatoms. The van der Waals surface area contributed by atoms with Gasteiger partial charge >= 0.3 is 0 Å². The molecule has 4 rings (SSSR count). The summed E-state index contributed by atoms with van der Waals surface area (Å²) in [5.74, 6) is 3.83. The second-order valence-corrected chi connectivity index (χ2v) is 9.17. The molecule has 0 amide bonds. The van der Waals surface area contributed by atoms with E-state index in [4.69, 9.17) is 0 Å². The Morgan fingerprint density at radius 1 is 1.10 bits per heavy atom. The van der Waals surface area contributed by atoms with Gasteiger partial charge in [-0.3, -0.25) is 4.79 Å². The third-order valence-electron chi connectivity index (χ3n) is 8.10. The lowest BCUT2D eigenvalue weighted by Crippen LogP contribution is -2.50. The van der Waals surface area contributed by atoms with E-state index < -0.39 is 0 Å². The van der Waals surface area contributed by atoms with Crippen LogP contribution in [0.15, 0.2) is 11.6 Å². The molecule has 0 heterocycles. The van der Waals surface area contributed by atoms with Gasteiger partial charge in [-0.1, -0.05) is 26.3 Å². The number of carbonyl (C=O) groups is 1. The summed E-state index contributed by atoms with van der Waals surface area (Å²) in [6.45, 7) is 7.68. The van der Waals surface area contributed by atoms with Crippen molar-refractivity contribution in [2.45, 2.75) is 72.1 Å². The van der Waals surface area contributed by atoms with E-state index in [2.05, 4.69) is 20.8 Å². The lowest BCUT2D eigenvalue weighted by atomic mass is 9.46. The highest BCUT2D eigenvalue weighted by molar-refractivity contribution is 5.91. The smallest absolute Gasteiger partial charge is 0.155 e. The summed E-state index contributed by atoms with van der Waals surface area (Å²) in [6, 6.07) is 0. The van der Waals surface area contributed by atoms with Gasteiger partial charge in [-0.2, -0.15) is 0 Å². The molecule has 4 aliphatic carbocycles. The van der Waals surface area contributed by atoms with Crippen LogP contribution in [0, 0.1) is 34.5 Å². The molecule has 0 N–H and O–H groups in total. The van der Waals surface area contributed by atoms with E-state index in [9.17, 15) is 4.79 Å². The molecule has 0 spiro atoms. The van der Waals surface area contributed by atoms with Crippen molar-refractivity contribution < 1.29 is 4.79 Å². The van der Waals surface area contributed by atoms with Crippen molar-refractivity contribution in [3.05, 3.63) is 11.6 Å². The Balaban J connectivity index is 1.68. The lowest BCUT2D eigenvalue weighted by molar-refractivity contribution is -0.116. The zero-order valence-electron chi connectivity index (χ0n) is 14.0. The van der Waals surface area contributed by atoms with Gasteiger partial charge in [0.05, 0.1) is 0 Å². The maximum Gasteiger partial charge on any atom is 0.155 e. The van der Waals surface area contributed by atoms with E-state index in [1.165, 1.54) is 44.1 Å². The van der Waals surface area contributed by atoms with Crippen LogP contribution in [0.2, 0.25) is 0 Å². The summed E-state index contributed by atoms with van der Waals surface area (Å²) in [4.78, 5) is 11.7. The van der Waals surface area contributed by atoms with Crippen molar-refractivity contribution in [2.24, 2.45) is 34.5 Å². The van der Waals surface area contributed by atoms with Gasteiger partial charge in [-0.15, -0.1) is 0 Å². The first-order chi connectivity index (χ1) is 9.93. The molecule has 3 fully saturated rings. The zero-order valence-corrected chi connectivity index (χ0v) is 14.0. The van der Waals surface area contributed by atoms with E-state index in [0.717, 1.165) is 36.5 Å². The molecule has 0 saturated heterocycles. The first-order valence-corrected chi connectivity index (χ1v) is 9.16. The van der Waals surface area contributed by atoms with Gasteiger partial charge in [-0.05, 0) is 85.5 Å². The molecule has 0 aliphatic heterocycles. The highest BCUT2D eigenvalue weighted by atomic mass is 16.1. The number of fused-ring (bicyclic) bond motifs is 5. The molecular weight excluding hydrogens is 256 g/mol. The van der Waals surface area contributed by atoms with E-state index in [0.29, 0.717) is 16.6 Å². The molecule has 0 aromatic rings. The fraction of sp³-hybridized carbons (Fsp3) is 0.850. The van der Waals surface area contributed by atoms with E-state index in [-0.39, 0.29) is 0 Å². The molecular formula is C20H30O. The third kappa shape index (κ3) is 1.85. The van der Waals surface area contributed by atoms with Crippen LogP contribution < -0.4 is 0 Å². The Kier molecular flexibility index (Phi) is 2.98. The molecule has 6 atom stereocenters. The quantitative estimate of drug-likeness (QED) is 0.601. The van der Waals surface area contributed by atoms with Crippen molar-refractivity contribution >= 4 is 5.78 Å². The summed E-state index contributed by atoms with van der Waals surface area (Å²) >= 11 is 0. The van der Waals surface area contributed by atoms with Crippen molar-refractivity contribution in [2.75, 3.05) is 0 Å². The van der Waals surface area contributed by atoms with Crippen molar-refractivity contribution in [3.63, 3.8) is 0 Å². The van der Waals surface area contributed by atoms with Crippen LogP contribution in [0.25, 0.3) is 0 Å². The number of ketones is 1. The van der Waals surface area contributed by atoms with Gasteiger partial charge in [0.1, 0.15) is 0 Å². The second kappa shape index (κ2) is 4.46. The minimum absolute atomic E-state index is 0.390. The van der Waals surface area contributed by atoms with Gasteiger partial charge in [0.15, 0.2) is 5.78 Å². The monoisotopic (exact) mass is 286 g/mol. The van der Waals surface area contributed by atoms with Crippen molar-refractivity contribution in [1.29, 1.82) is 0 Å². The molecule has 0 aromatic carbocycles. The van der Waals surface area contributed by atoms with Gasteiger partial charge < -0.3 is 0 Å². The van der Waals surface area contributed by atoms with Crippen LogP contribution in [0.5, 0.6) is 0 Å². The summed E-state index contributed by atoms with van der Waals surface area (Å²) in [7, 11) is 0.